The van der Waals surface area contributed by atoms with Crippen molar-refractivity contribution in [1.29, 1.82) is 0 Å². The number of carbonyl (C=O) groups excluding carboxylic acids is 1. The zero-order valence-electron chi connectivity index (χ0n) is 11.2. The third-order valence-corrected chi connectivity index (χ3v) is 2.70. The molecule has 1 amide bonds. The lowest BCUT2D eigenvalue weighted by atomic mass is 10.1. The zero-order chi connectivity index (χ0) is 13.9. The molecule has 0 spiro atoms. The maximum absolute atomic E-state index is 11.9. The van der Waals surface area contributed by atoms with E-state index >= 15 is 0 Å². The Morgan fingerprint density at radius 2 is 2.22 bits per heavy atom. The quantitative estimate of drug-likeness (QED) is 0.831. The first kappa shape index (κ1) is 15.0. The fourth-order valence-electron chi connectivity index (χ4n) is 1.85. The zero-order valence-corrected chi connectivity index (χ0v) is 12.0. The van der Waals surface area contributed by atoms with E-state index in [1.807, 2.05) is 19.0 Å². The van der Waals surface area contributed by atoms with Crippen molar-refractivity contribution in [1.82, 2.24) is 14.8 Å². The van der Waals surface area contributed by atoms with Crippen LogP contribution >= 0.6 is 11.6 Å². The highest BCUT2D eigenvalue weighted by molar-refractivity contribution is 6.31. The van der Waals surface area contributed by atoms with Crippen LogP contribution in [0, 0.1) is 0 Å². The van der Waals surface area contributed by atoms with Crippen LogP contribution in [-0.2, 0) is 7.05 Å². The molecule has 2 N–H and O–H groups in total. The number of aryl methyl sites for hydroxylation is 1. The van der Waals surface area contributed by atoms with Gasteiger partial charge in [0, 0.05) is 26.3 Å². The Morgan fingerprint density at radius 3 is 2.67 bits per heavy atom. The molecule has 0 aliphatic heterocycles. The van der Waals surface area contributed by atoms with Crippen molar-refractivity contribution in [3.8, 4) is 0 Å². The Balaban J connectivity index is 2.59. The monoisotopic (exact) mass is 273 g/mol. The number of likely N-dealkylation sites (N-methyl/N-ethyl adjacent to an activating group) is 1. The minimum atomic E-state index is -0.964. The van der Waals surface area contributed by atoms with Gasteiger partial charge in [0.25, 0.3) is 5.91 Å². The van der Waals surface area contributed by atoms with Gasteiger partial charge in [-0.2, -0.15) is 0 Å². The van der Waals surface area contributed by atoms with Gasteiger partial charge in [-0.05, 0) is 27.1 Å². The number of halogens is 1. The van der Waals surface area contributed by atoms with E-state index in [2.05, 4.69) is 5.32 Å². The summed E-state index contributed by atoms with van der Waals surface area (Å²) in [7, 11) is 5.49. The second kappa shape index (κ2) is 5.73. The minimum Gasteiger partial charge on any atom is -0.387 e. The molecule has 0 aliphatic carbocycles. The fraction of sp³-hybridized carbons (Fsp3) is 0.583. The lowest BCUT2D eigenvalue weighted by molar-refractivity contribution is 0.0324. The van der Waals surface area contributed by atoms with Crippen molar-refractivity contribution < 1.29 is 9.90 Å². The SMILES string of the molecule is CN(C)CC(C)(O)CNC(=O)c1cc(Cl)cn1C. The predicted octanol–water partition coefficient (Wildman–Crippen LogP) is 0.721. The Bertz CT molecular complexity index is 427. The fourth-order valence-corrected chi connectivity index (χ4v) is 2.10. The lowest BCUT2D eigenvalue weighted by Crippen LogP contribution is -2.47. The van der Waals surface area contributed by atoms with E-state index in [0.29, 0.717) is 17.3 Å². The molecule has 1 aromatic rings. The van der Waals surface area contributed by atoms with Crippen LogP contribution in [0.15, 0.2) is 12.3 Å². The van der Waals surface area contributed by atoms with Crippen molar-refractivity contribution in [2.45, 2.75) is 12.5 Å². The van der Waals surface area contributed by atoms with Crippen molar-refractivity contribution in [2.75, 3.05) is 27.2 Å². The molecule has 1 aromatic heterocycles. The minimum absolute atomic E-state index is 0.187. The molecule has 0 aromatic carbocycles. The Morgan fingerprint density at radius 1 is 1.61 bits per heavy atom. The molecule has 0 bridgehead atoms. The molecule has 1 atom stereocenters. The lowest BCUT2D eigenvalue weighted by Gasteiger charge is -2.27. The maximum atomic E-state index is 11.9. The normalized spacial score (nSPS) is 14.6. The van der Waals surface area contributed by atoms with Crippen molar-refractivity contribution in [2.24, 2.45) is 7.05 Å². The van der Waals surface area contributed by atoms with Gasteiger partial charge < -0.3 is 19.9 Å². The molecule has 0 aliphatic rings. The highest BCUT2D eigenvalue weighted by Gasteiger charge is 2.23. The van der Waals surface area contributed by atoms with Crippen LogP contribution in [0.3, 0.4) is 0 Å². The van der Waals surface area contributed by atoms with E-state index in [4.69, 9.17) is 11.6 Å². The summed E-state index contributed by atoms with van der Waals surface area (Å²) in [5, 5.41) is 13.3. The van der Waals surface area contributed by atoms with Crippen molar-refractivity contribution in [3.63, 3.8) is 0 Å². The summed E-state index contributed by atoms with van der Waals surface area (Å²) < 4.78 is 1.65. The molecular formula is C12H20ClN3O2. The first-order chi connectivity index (χ1) is 8.21. The molecule has 102 valence electrons. The van der Waals surface area contributed by atoms with Crippen LogP contribution in [0.25, 0.3) is 0 Å². The molecule has 1 unspecified atom stereocenters. The molecule has 0 radical (unpaired) electrons. The molecule has 0 saturated carbocycles. The van der Waals surface area contributed by atoms with Gasteiger partial charge in [-0.15, -0.1) is 0 Å². The highest BCUT2D eigenvalue weighted by Crippen LogP contribution is 2.12. The van der Waals surface area contributed by atoms with Gasteiger partial charge in [0.15, 0.2) is 0 Å². The van der Waals surface area contributed by atoms with Crippen LogP contribution in [0.1, 0.15) is 17.4 Å². The number of nitrogens with one attached hydrogen (secondary N) is 1. The van der Waals surface area contributed by atoms with Gasteiger partial charge in [0.05, 0.1) is 10.6 Å². The summed E-state index contributed by atoms with van der Waals surface area (Å²) in [6.07, 6.45) is 1.66. The van der Waals surface area contributed by atoms with Crippen molar-refractivity contribution >= 4 is 17.5 Å². The standard InChI is InChI=1S/C12H20ClN3O2/c1-12(18,8-15(2)3)7-14-11(17)10-5-9(13)6-16(10)4/h5-6,18H,7-8H2,1-4H3,(H,14,17). The van der Waals surface area contributed by atoms with E-state index < -0.39 is 5.60 Å². The summed E-state index contributed by atoms with van der Waals surface area (Å²) in [5.41, 5.74) is -0.491. The van der Waals surface area contributed by atoms with E-state index in [1.165, 1.54) is 0 Å². The molecule has 0 saturated heterocycles. The van der Waals surface area contributed by atoms with Gasteiger partial charge in [-0.3, -0.25) is 4.79 Å². The van der Waals surface area contributed by atoms with E-state index in [0.717, 1.165) is 0 Å². The van der Waals surface area contributed by atoms with Crippen LogP contribution < -0.4 is 5.32 Å². The molecule has 6 heteroatoms. The van der Waals surface area contributed by atoms with Gasteiger partial charge >= 0.3 is 0 Å². The number of amides is 1. The molecule has 5 nitrogen and oxygen atoms in total. The first-order valence-corrected chi connectivity index (χ1v) is 6.06. The predicted molar refractivity (Wildman–Crippen MR) is 71.9 cm³/mol. The Labute approximate surface area is 112 Å². The summed E-state index contributed by atoms with van der Waals surface area (Å²) in [4.78, 5) is 13.8. The van der Waals surface area contributed by atoms with Crippen LogP contribution in [0.5, 0.6) is 0 Å². The Hall–Kier alpha value is -1.04. The Kier molecular flexibility index (Phi) is 4.78. The molecule has 0 fully saturated rings. The van der Waals surface area contributed by atoms with Gasteiger partial charge in [0.2, 0.25) is 0 Å². The second-order valence-corrected chi connectivity index (χ2v) is 5.51. The molecule has 1 rings (SSSR count). The van der Waals surface area contributed by atoms with E-state index in [9.17, 15) is 9.90 Å². The largest absolute Gasteiger partial charge is 0.387 e. The second-order valence-electron chi connectivity index (χ2n) is 5.07. The summed E-state index contributed by atoms with van der Waals surface area (Å²) >= 11 is 5.81. The average Bonchev–Trinajstić information content (AvgIpc) is 2.52. The number of carbonyl (C=O) groups is 1. The van der Waals surface area contributed by atoms with Crippen LogP contribution in [-0.4, -0.2) is 53.3 Å². The molecule has 1 heterocycles. The summed E-state index contributed by atoms with van der Waals surface area (Å²) in [6, 6.07) is 1.59. The average molecular weight is 274 g/mol. The first-order valence-electron chi connectivity index (χ1n) is 5.68. The van der Waals surface area contributed by atoms with Crippen LogP contribution in [0.4, 0.5) is 0 Å². The number of aromatic nitrogens is 1. The summed E-state index contributed by atoms with van der Waals surface area (Å²) in [5.74, 6) is -0.247. The number of hydrogen-bond acceptors (Lipinski definition) is 3. The van der Waals surface area contributed by atoms with Gasteiger partial charge in [-0.1, -0.05) is 11.6 Å². The topological polar surface area (TPSA) is 57.5 Å². The van der Waals surface area contributed by atoms with Crippen molar-refractivity contribution in [3.05, 3.63) is 23.0 Å². The number of nitrogens with zero attached hydrogens (tertiary/aromatic N) is 2. The molecular weight excluding hydrogens is 254 g/mol. The third-order valence-electron chi connectivity index (χ3n) is 2.49. The maximum Gasteiger partial charge on any atom is 0.268 e. The van der Waals surface area contributed by atoms with Crippen LogP contribution in [0.2, 0.25) is 5.02 Å². The molecule has 18 heavy (non-hydrogen) atoms. The number of rotatable bonds is 5. The third kappa shape index (κ3) is 4.33. The van der Waals surface area contributed by atoms with E-state index in [1.54, 1.807) is 30.8 Å². The van der Waals surface area contributed by atoms with Gasteiger partial charge in [-0.25, -0.2) is 0 Å². The summed E-state index contributed by atoms with van der Waals surface area (Å²) in [6.45, 7) is 2.35. The number of hydrogen-bond donors (Lipinski definition) is 2. The number of aliphatic hydroxyl groups is 1. The van der Waals surface area contributed by atoms with E-state index in [-0.39, 0.29) is 12.5 Å². The highest BCUT2D eigenvalue weighted by atomic mass is 35.5. The smallest absolute Gasteiger partial charge is 0.268 e. The van der Waals surface area contributed by atoms with Gasteiger partial charge in [0.1, 0.15) is 5.69 Å².